The molecule has 1 aliphatic heterocycles. The van der Waals surface area contributed by atoms with E-state index in [0.717, 1.165) is 18.4 Å². The summed E-state index contributed by atoms with van der Waals surface area (Å²) in [5.41, 5.74) is 7.39. The number of aromatic nitrogens is 1. The number of H-pyrrole nitrogens is 1. The summed E-state index contributed by atoms with van der Waals surface area (Å²) < 4.78 is 5.68. The summed E-state index contributed by atoms with van der Waals surface area (Å²) in [6.07, 6.45) is 3.75. The van der Waals surface area contributed by atoms with Crippen LogP contribution in [0.15, 0.2) is 52.8 Å². The number of hydrogen-bond donors (Lipinski definition) is 2. The molecular weight excluding hydrogens is 306 g/mol. The van der Waals surface area contributed by atoms with Crippen LogP contribution in [-0.4, -0.2) is 29.0 Å². The molecule has 0 bridgehead atoms. The van der Waals surface area contributed by atoms with Crippen molar-refractivity contribution in [2.75, 3.05) is 13.1 Å². The number of primary amides is 1. The number of carbonyl (C=O) groups excluding carboxylic acids is 1. The molecule has 1 saturated heterocycles. The summed E-state index contributed by atoms with van der Waals surface area (Å²) in [7, 11) is 0. The fourth-order valence-corrected chi connectivity index (χ4v) is 2.68. The van der Waals surface area contributed by atoms with Gasteiger partial charge >= 0.3 is 6.03 Å². The largest absolute Gasteiger partial charge is 0.441 e. The van der Waals surface area contributed by atoms with Crippen molar-refractivity contribution in [2.24, 2.45) is 5.73 Å². The lowest BCUT2D eigenvalue weighted by atomic mass is 10.0. The van der Waals surface area contributed by atoms with E-state index in [1.807, 2.05) is 24.3 Å². The van der Waals surface area contributed by atoms with Crippen LogP contribution in [0.25, 0.3) is 6.08 Å². The van der Waals surface area contributed by atoms with E-state index < -0.39 is 0 Å². The first-order chi connectivity index (χ1) is 11.6. The molecule has 1 fully saturated rings. The van der Waals surface area contributed by atoms with Crippen LogP contribution in [0.2, 0.25) is 0 Å². The number of rotatable bonds is 3. The maximum Gasteiger partial charge on any atom is 0.314 e. The first-order valence-corrected chi connectivity index (χ1v) is 7.81. The molecular formula is C18H19N3O3. The van der Waals surface area contributed by atoms with Crippen molar-refractivity contribution in [3.05, 3.63) is 64.0 Å². The van der Waals surface area contributed by atoms with Crippen molar-refractivity contribution in [2.45, 2.75) is 12.8 Å². The number of ether oxygens (including phenoxy) is 1. The predicted octanol–water partition coefficient (Wildman–Crippen LogP) is 2.73. The number of nitrogens with two attached hydrogens (primary N) is 1. The van der Waals surface area contributed by atoms with Gasteiger partial charge in [0.1, 0.15) is 5.75 Å². The summed E-state index contributed by atoms with van der Waals surface area (Å²) in [4.78, 5) is 26.7. The van der Waals surface area contributed by atoms with E-state index >= 15 is 0 Å². The molecule has 3 N–H and O–H groups in total. The highest BCUT2D eigenvalue weighted by Gasteiger charge is 2.16. The molecule has 0 spiro atoms. The number of hydrogen-bond acceptors (Lipinski definition) is 3. The number of carbonyl (C=O) groups is 1. The SMILES string of the molecule is NC(=O)N1CCC(=Cc2cccc(Oc3cccc(=O)[nH]3)c2)CC1. The lowest BCUT2D eigenvalue weighted by molar-refractivity contribution is 0.203. The molecule has 0 radical (unpaired) electrons. The Kier molecular flexibility index (Phi) is 4.65. The van der Waals surface area contributed by atoms with Crippen LogP contribution >= 0.6 is 0 Å². The lowest BCUT2D eigenvalue weighted by Crippen LogP contribution is -2.39. The van der Waals surface area contributed by atoms with Crippen molar-refractivity contribution in [3.8, 4) is 11.6 Å². The van der Waals surface area contributed by atoms with Gasteiger partial charge in [-0.1, -0.05) is 29.8 Å². The van der Waals surface area contributed by atoms with Crippen LogP contribution in [0.4, 0.5) is 4.79 Å². The maximum absolute atomic E-state index is 11.3. The van der Waals surface area contributed by atoms with Crippen molar-refractivity contribution in [1.29, 1.82) is 0 Å². The summed E-state index contributed by atoms with van der Waals surface area (Å²) >= 11 is 0. The molecule has 6 heteroatoms. The third-order valence-corrected chi connectivity index (χ3v) is 3.92. The lowest BCUT2D eigenvalue weighted by Gasteiger charge is -2.26. The van der Waals surface area contributed by atoms with Crippen LogP contribution in [-0.2, 0) is 0 Å². The number of urea groups is 1. The maximum atomic E-state index is 11.3. The van der Waals surface area contributed by atoms with Crippen molar-refractivity contribution in [3.63, 3.8) is 0 Å². The third kappa shape index (κ3) is 4.04. The molecule has 2 aromatic rings. The van der Waals surface area contributed by atoms with Crippen LogP contribution in [0, 0.1) is 0 Å². The van der Waals surface area contributed by atoms with Crippen LogP contribution in [0.3, 0.4) is 0 Å². The summed E-state index contributed by atoms with van der Waals surface area (Å²) in [5.74, 6) is 1.06. The van der Waals surface area contributed by atoms with Gasteiger partial charge < -0.3 is 15.4 Å². The van der Waals surface area contributed by atoms with Crippen molar-refractivity contribution >= 4 is 12.1 Å². The Bertz CT molecular complexity index is 816. The molecule has 124 valence electrons. The Balaban J connectivity index is 1.70. The zero-order valence-corrected chi connectivity index (χ0v) is 13.2. The molecule has 0 atom stereocenters. The second-order valence-corrected chi connectivity index (χ2v) is 5.68. The van der Waals surface area contributed by atoms with E-state index in [-0.39, 0.29) is 11.6 Å². The summed E-state index contributed by atoms with van der Waals surface area (Å²) in [6.45, 7) is 1.31. The first-order valence-electron chi connectivity index (χ1n) is 7.81. The second kappa shape index (κ2) is 7.04. The molecule has 0 aliphatic carbocycles. The van der Waals surface area contributed by atoms with Gasteiger partial charge in [-0.15, -0.1) is 0 Å². The zero-order valence-electron chi connectivity index (χ0n) is 13.2. The second-order valence-electron chi connectivity index (χ2n) is 5.68. The molecule has 1 aliphatic rings. The Morgan fingerprint density at radius 2 is 1.92 bits per heavy atom. The van der Waals surface area contributed by atoms with Gasteiger partial charge in [0.15, 0.2) is 5.88 Å². The Morgan fingerprint density at radius 1 is 1.17 bits per heavy atom. The number of likely N-dealkylation sites (tertiary alicyclic amines) is 1. The number of piperidine rings is 1. The van der Waals surface area contributed by atoms with Crippen LogP contribution < -0.4 is 16.0 Å². The normalized spacial score (nSPS) is 14.3. The van der Waals surface area contributed by atoms with Crippen LogP contribution in [0.1, 0.15) is 18.4 Å². The number of pyridine rings is 1. The third-order valence-electron chi connectivity index (χ3n) is 3.92. The predicted molar refractivity (Wildman–Crippen MR) is 91.9 cm³/mol. The molecule has 3 rings (SSSR count). The van der Waals surface area contributed by atoms with Gasteiger partial charge in [-0.05, 0) is 36.6 Å². The first kappa shape index (κ1) is 15.9. The highest BCUT2D eigenvalue weighted by atomic mass is 16.5. The van der Waals surface area contributed by atoms with E-state index in [4.69, 9.17) is 10.5 Å². The minimum Gasteiger partial charge on any atom is -0.441 e. The van der Waals surface area contributed by atoms with Gasteiger partial charge in [0.2, 0.25) is 0 Å². The quantitative estimate of drug-likeness (QED) is 0.909. The average molecular weight is 325 g/mol. The van der Waals surface area contributed by atoms with Gasteiger partial charge in [0.25, 0.3) is 5.56 Å². The topological polar surface area (TPSA) is 88.4 Å². The molecule has 2 amide bonds. The molecule has 0 saturated carbocycles. The van der Waals surface area contributed by atoms with E-state index in [1.54, 1.807) is 17.0 Å². The van der Waals surface area contributed by atoms with Gasteiger partial charge in [0, 0.05) is 19.2 Å². The van der Waals surface area contributed by atoms with Crippen molar-refractivity contribution < 1.29 is 9.53 Å². The minimum atomic E-state index is -0.360. The average Bonchev–Trinajstić information content (AvgIpc) is 2.56. The monoisotopic (exact) mass is 325 g/mol. The minimum absolute atomic E-state index is 0.202. The van der Waals surface area contributed by atoms with E-state index in [2.05, 4.69) is 11.1 Å². The van der Waals surface area contributed by atoms with Gasteiger partial charge in [-0.2, -0.15) is 0 Å². The van der Waals surface area contributed by atoms with Gasteiger partial charge in [0.05, 0.1) is 0 Å². The van der Waals surface area contributed by atoms with E-state index in [0.29, 0.717) is 24.7 Å². The zero-order chi connectivity index (χ0) is 16.9. The van der Waals surface area contributed by atoms with Gasteiger partial charge in [-0.25, -0.2) is 4.79 Å². The molecule has 6 nitrogen and oxygen atoms in total. The van der Waals surface area contributed by atoms with E-state index in [1.165, 1.54) is 11.6 Å². The summed E-state index contributed by atoms with van der Waals surface area (Å²) in [6, 6.07) is 12.1. The highest BCUT2D eigenvalue weighted by Crippen LogP contribution is 2.23. The Morgan fingerprint density at radius 3 is 2.62 bits per heavy atom. The molecule has 2 heterocycles. The number of aromatic amines is 1. The molecule has 24 heavy (non-hydrogen) atoms. The number of nitrogens with one attached hydrogen (secondary N) is 1. The number of benzene rings is 1. The summed E-state index contributed by atoms with van der Waals surface area (Å²) in [5, 5.41) is 0. The molecule has 1 aromatic heterocycles. The fourth-order valence-electron chi connectivity index (χ4n) is 2.68. The Hall–Kier alpha value is -3.02. The number of nitrogens with zero attached hydrogens (tertiary/aromatic N) is 1. The number of amides is 2. The van der Waals surface area contributed by atoms with E-state index in [9.17, 15) is 9.59 Å². The van der Waals surface area contributed by atoms with Gasteiger partial charge in [-0.3, -0.25) is 9.78 Å². The molecule has 0 unspecified atom stereocenters. The smallest absolute Gasteiger partial charge is 0.314 e. The molecule has 1 aromatic carbocycles. The van der Waals surface area contributed by atoms with Crippen molar-refractivity contribution in [1.82, 2.24) is 9.88 Å². The standard InChI is InChI=1S/C18H19N3O3/c19-18(23)21-9-7-13(8-10-21)11-14-3-1-4-15(12-14)24-17-6-2-5-16(22)20-17/h1-6,11-12H,7-10H2,(H2,19,23)(H,20,22). The van der Waals surface area contributed by atoms with Crippen LogP contribution in [0.5, 0.6) is 11.6 Å². The highest BCUT2D eigenvalue weighted by molar-refractivity contribution is 5.72. The fraction of sp³-hybridized carbons (Fsp3) is 0.222. The Labute approximate surface area is 139 Å².